The summed E-state index contributed by atoms with van der Waals surface area (Å²) in [7, 11) is 0. The summed E-state index contributed by atoms with van der Waals surface area (Å²) in [5.41, 5.74) is 8.45. The summed E-state index contributed by atoms with van der Waals surface area (Å²) < 4.78 is 2.19. The number of benzene rings is 5. The Balaban J connectivity index is 1.45. The molecule has 0 unspecified atom stereocenters. The van der Waals surface area contributed by atoms with Crippen LogP contribution in [-0.2, 0) is 0 Å². The highest BCUT2D eigenvalue weighted by Gasteiger charge is 2.26. The highest BCUT2D eigenvalue weighted by atomic mass is 15.2. The van der Waals surface area contributed by atoms with Gasteiger partial charge in [-0.3, -0.25) is 9.55 Å². The van der Waals surface area contributed by atoms with E-state index in [2.05, 4.69) is 59.2 Å². The molecule has 0 amide bonds. The number of hydrogen-bond donors (Lipinski definition) is 0. The van der Waals surface area contributed by atoms with E-state index in [4.69, 9.17) is 19.9 Å². The van der Waals surface area contributed by atoms with E-state index in [0.717, 1.165) is 39.0 Å². The van der Waals surface area contributed by atoms with Gasteiger partial charge >= 0.3 is 0 Å². The maximum Gasteiger partial charge on any atom is 0.238 e. The fraction of sp³-hybridized carbons (Fsp3) is 0. The Hall–Kier alpha value is -5.68. The van der Waals surface area contributed by atoms with Crippen LogP contribution in [0.3, 0.4) is 0 Å². The predicted octanol–water partition coefficient (Wildman–Crippen LogP) is 8.50. The first-order chi connectivity index (χ1) is 20.3. The summed E-state index contributed by atoms with van der Waals surface area (Å²) in [6.45, 7) is 0. The van der Waals surface area contributed by atoms with Gasteiger partial charge in [0.1, 0.15) is 0 Å². The van der Waals surface area contributed by atoms with Crippen LogP contribution in [-0.4, -0.2) is 24.5 Å². The summed E-state index contributed by atoms with van der Waals surface area (Å²) in [6.07, 6.45) is 1.88. The van der Waals surface area contributed by atoms with Gasteiger partial charge in [0.15, 0.2) is 11.6 Å². The van der Waals surface area contributed by atoms with Gasteiger partial charge in [0, 0.05) is 39.2 Å². The Morgan fingerprint density at radius 2 is 1.10 bits per heavy atom. The monoisotopic (exact) mass is 523 g/mol. The van der Waals surface area contributed by atoms with Gasteiger partial charge in [-0.15, -0.1) is 0 Å². The van der Waals surface area contributed by atoms with Crippen molar-refractivity contribution in [2.75, 3.05) is 0 Å². The first kappa shape index (κ1) is 22.2. The van der Waals surface area contributed by atoms with E-state index in [1.165, 1.54) is 27.1 Å². The van der Waals surface area contributed by atoms with Gasteiger partial charge in [0.05, 0.1) is 16.7 Å². The quantitative estimate of drug-likeness (QED) is 0.233. The minimum atomic E-state index is 0.591. The Morgan fingerprint density at radius 3 is 1.85 bits per heavy atom. The van der Waals surface area contributed by atoms with E-state index in [1.54, 1.807) is 0 Å². The zero-order valence-electron chi connectivity index (χ0n) is 21.9. The molecule has 0 atom stereocenters. The molecule has 5 nitrogen and oxygen atoms in total. The van der Waals surface area contributed by atoms with Crippen molar-refractivity contribution in [3.63, 3.8) is 0 Å². The normalized spacial score (nSPS) is 11.9. The maximum absolute atomic E-state index is 5.09. The third-order valence-electron chi connectivity index (χ3n) is 8.04. The van der Waals surface area contributed by atoms with E-state index in [-0.39, 0.29) is 0 Å². The van der Waals surface area contributed by atoms with E-state index in [0.29, 0.717) is 17.6 Å². The van der Waals surface area contributed by atoms with Crippen LogP contribution in [0.5, 0.6) is 0 Å². The lowest BCUT2D eigenvalue weighted by atomic mass is 9.96. The molecule has 3 aromatic heterocycles. The molecule has 8 aromatic rings. The molecule has 0 saturated heterocycles. The number of fused-ring (bicyclic) bond motifs is 3. The second-order valence-corrected chi connectivity index (χ2v) is 10.3. The minimum Gasteiger partial charge on any atom is -0.278 e. The highest BCUT2D eigenvalue weighted by molar-refractivity contribution is 6.30. The Morgan fingerprint density at radius 1 is 0.439 bits per heavy atom. The summed E-state index contributed by atoms with van der Waals surface area (Å²) in [4.78, 5) is 20.0. The molecule has 0 saturated carbocycles. The molecule has 0 bridgehead atoms. The van der Waals surface area contributed by atoms with Crippen molar-refractivity contribution in [1.29, 1.82) is 0 Å². The van der Waals surface area contributed by atoms with Crippen LogP contribution in [0.4, 0.5) is 0 Å². The Bertz CT molecular complexity index is 2250. The molecule has 0 fully saturated rings. The molecular formula is C36H21N5. The van der Waals surface area contributed by atoms with E-state index in [9.17, 15) is 0 Å². The number of rotatable bonds is 3. The molecule has 1 aliphatic rings. The zero-order chi connectivity index (χ0) is 26.9. The van der Waals surface area contributed by atoms with Crippen molar-refractivity contribution in [1.82, 2.24) is 24.5 Å². The van der Waals surface area contributed by atoms with Crippen LogP contribution in [0.15, 0.2) is 128 Å². The molecule has 190 valence electrons. The van der Waals surface area contributed by atoms with Gasteiger partial charge in [0.2, 0.25) is 5.95 Å². The summed E-state index contributed by atoms with van der Waals surface area (Å²) >= 11 is 0. The second-order valence-electron chi connectivity index (χ2n) is 10.3. The first-order valence-corrected chi connectivity index (χ1v) is 13.7. The molecule has 3 heterocycles. The SMILES string of the molecule is c1ccc(-c2nc(-c3ccccc3)nc(-n3c4cccc5c4c4c6c(cccc6ccc43)-c3cccnc3-5)n2)cc1. The smallest absolute Gasteiger partial charge is 0.238 e. The average Bonchev–Trinajstić information content (AvgIpc) is 3.33. The molecule has 41 heavy (non-hydrogen) atoms. The maximum atomic E-state index is 5.09. The highest BCUT2D eigenvalue weighted by Crippen LogP contribution is 2.48. The molecule has 0 radical (unpaired) electrons. The van der Waals surface area contributed by atoms with Crippen LogP contribution < -0.4 is 0 Å². The number of nitrogens with zero attached hydrogens (tertiary/aromatic N) is 5. The van der Waals surface area contributed by atoms with Gasteiger partial charge in [-0.1, -0.05) is 103 Å². The molecule has 0 aliphatic heterocycles. The van der Waals surface area contributed by atoms with Crippen LogP contribution in [0.25, 0.3) is 83.7 Å². The van der Waals surface area contributed by atoms with Crippen molar-refractivity contribution >= 4 is 32.6 Å². The van der Waals surface area contributed by atoms with Crippen LogP contribution in [0.2, 0.25) is 0 Å². The number of aromatic nitrogens is 5. The fourth-order valence-corrected chi connectivity index (χ4v) is 6.30. The first-order valence-electron chi connectivity index (χ1n) is 13.7. The van der Waals surface area contributed by atoms with Gasteiger partial charge < -0.3 is 0 Å². The molecule has 5 aromatic carbocycles. The van der Waals surface area contributed by atoms with Crippen LogP contribution in [0.1, 0.15) is 0 Å². The summed E-state index contributed by atoms with van der Waals surface area (Å²) in [5.74, 6) is 1.87. The number of pyridine rings is 1. The summed E-state index contributed by atoms with van der Waals surface area (Å²) in [5, 5.41) is 4.80. The largest absolute Gasteiger partial charge is 0.278 e. The van der Waals surface area contributed by atoms with Crippen LogP contribution >= 0.6 is 0 Å². The van der Waals surface area contributed by atoms with Crippen molar-refractivity contribution in [2.24, 2.45) is 0 Å². The fourth-order valence-electron chi connectivity index (χ4n) is 6.30. The lowest BCUT2D eigenvalue weighted by Crippen LogP contribution is -2.06. The zero-order valence-corrected chi connectivity index (χ0v) is 21.9. The van der Waals surface area contributed by atoms with Crippen molar-refractivity contribution in [3.8, 4) is 51.1 Å². The van der Waals surface area contributed by atoms with Gasteiger partial charge in [-0.2, -0.15) is 9.97 Å². The minimum absolute atomic E-state index is 0.591. The third kappa shape index (κ3) is 3.17. The lowest BCUT2D eigenvalue weighted by Gasteiger charge is -2.13. The van der Waals surface area contributed by atoms with E-state index in [1.807, 2.05) is 72.9 Å². The van der Waals surface area contributed by atoms with Crippen molar-refractivity contribution in [2.45, 2.75) is 0 Å². The molecule has 0 spiro atoms. The number of hydrogen-bond acceptors (Lipinski definition) is 4. The van der Waals surface area contributed by atoms with E-state index < -0.39 is 0 Å². The molecular weight excluding hydrogens is 502 g/mol. The molecule has 1 aliphatic carbocycles. The lowest BCUT2D eigenvalue weighted by molar-refractivity contribution is 0.953. The topological polar surface area (TPSA) is 56.5 Å². The van der Waals surface area contributed by atoms with Gasteiger partial charge in [-0.25, -0.2) is 4.98 Å². The summed E-state index contributed by atoms with van der Waals surface area (Å²) in [6, 6.07) is 41.8. The van der Waals surface area contributed by atoms with Crippen molar-refractivity contribution in [3.05, 3.63) is 128 Å². The van der Waals surface area contributed by atoms with Crippen LogP contribution in [0, 0.1) is 0 Å². The van der Waals surface area contributed by atoms with Crippen molar-refractivity contribution < 1.29 is 0 Å². The van der Waals surface area contributed by atoms with Gasteiger partial charge in [-0.05, 0) is 34.5 Å². The molecule has 9 rings (SSSR count). The molecule has 5 heteroatoms. The molecule has 0 N–H and O–H groups in total. The second kappa shape index (κ2) is 8.41. The third-order valence-corrected chi connectivity index (χ3v) is 8.04. The van der Waals surface area contributed by atoms with E-state index >= 15 is 0 Å². The average molecular weight is 524 g/mol. The predicted molar refractivity (Wildman–Crippen MR) is 165 cm³/mol. The Kier molecular flexibility index (Phi) is 4.55. The Labute approximate surface area is 235 Å². The van der Waals surface area contributed by atoms with Gasteiger partial charge in [0.25, 0.3) is 0 Å². The standard InChI is InChI=1S/C36H21N5/c1-3-10-23(11-4-1)34-38-35(24-12-5-2-6-13-24)40-36(39-34)41-28-18-8-16-27-31(28)32-29(41)20-19-22-14-7-15-25(30(22)32)26-17-9-21-37-33(26)27/h1-21H.